The Morgan fingerprint density at radius 2 is 2.00 bits per heavy atom. The zero-order valence-corrected chi connectivity index (χ0v) is 17.1. The molecule has 0 aliphatic rings. The maximum atomic E-state index is 5.93. The van der Waals surface area contributed by atoms with Crippen LogP contribution in [-0.4, -0.2) is 24.5 Å². The van der Waals surface area contributed by atoms with Gasteiger partial charge in [0.15, 0.2) is 5.96 Å². The molecule has 0 saturated heterocycles. The van der Waals surface area contributed by atoms with Gasteiger partial charge >= 0.3 is 0 Å². The van der Waals surface area contributed by atoms with Gasteiger partial charge in [0, 0.05) is 31.9 Å². The number of benzene rings is 1. The van der Waals surface area contributed by atoms with Crippen molar-refractivity contribution >= 4 is 17.3 Å². The third-order valence-electron chi connectivity index (χ3n) is 4.43. The summed E-state index contributed by atoms with van der Waals surface area (Å²) in [5.41, 5.74) is 3.45. The molecule has 0 aliphatic carbocycles. The molecule has 146 valence electrons. The highest BCUT2D eigenvalue weighted by Crippen LogP contribution is 2.17. The summed E-state index contributed by atoms with van der Waals surface area (Å²) in [7, 11) is 1.78. The summed E-state index contributed by atoms with van der Waals surface area (Å²) in [5.74, 6) is 1.83. The summed E-state index contributed by atoms with van der Waals surface area (Å²) in [4.78, 5) is 8.70. The smallest absolute Gasteiger partial charge is 0.218 e. The van der Waals surface area contributed by atoms with E-state index in [4.69, 9.17) is 4.74 Å². The van der Waals surface area contributed by atoms with Crippen molar-refractivity contribution in [2.24, 2.45) is 4.99 Å². The molecular formula is C22H26N4OS. The zero-order chi connectivity index (χ0) is 19.6. The van der Waals surface area contributed by atoms with E-state index in [0.29, 0.717) is 24.9 Å². The van der Waals surface area contributed by atoms with Crippen LogP contribution in [0.4, 0.5) is 0 Å². The number of ether oxygens (including phenoxy) is 1. The molecule has 0 spiro atoms. The molecule has 2 N–H and O–H groups in total. The van der Waals surface area contributed by atoms with Crippen LogP contribution < -0.4 is 15.4 Å². The molecule has 1 unspecified atom stereocenters. The molecule has 0 amide bonds. The molecule has 2 aromatic heterocycles. The summed E-state index contributed by atoms with van der Waals surface area (Å²) >= 11 is 1.73. The van der Waals surface area contributed by atoms with Crippen LogP contribution in [0.2, 0.25) is 0 Å². The lowest BCUT2D eigenvalue weighted by molar-refractivity contribution is 0.290. The number of aliphatic imine (C=N–C) groups is 1. The molecule has 0 saturated carbocycles. The SMILES string of the molecule is CN=C(NCc1cccnc1OCc1ccccc1)NCC(C)c1ccsc1. The van der Waals surface area contributed by atoms with E-state index in [1.54, 1.807) is 24.6 Å². The number of pyridine rings is 1. The van der Waals surface area contributed by atoms with E-state index < -0.39 is 0 Å². The van der Waals surface area contributed by atoms with Gasteiger partial charge in [-0.1, -0.05) is 43.3 Å². The number of thiophene rings is 1. The average molecular weight is 395 g/mol. The third-order valence-corrected chi connectivity index (χ3v) is 5.13. The molecule has 6 heteroatoms. The number of guanidine groups is 1. The van der Waals surface area contributed by atoms with Gasteiger partial charge in [-0.3, -0.25) is 4.99 Å². The van der Waals surface area contributed by atoms with Crippen LogP contribution in [-0.2, 0) is 13.2 Å². The topological polar surface area (TPSA) is 58.5 Å². The predicted molar refractivity (Wildman–Crippen MR) is 116 cm³/mol. The van der Waals surface area contributed by atoms with Crippen LogP contribution in [0.25, 0.3) is 0 Å². The first kappa shape index (κ1) is 19.9. The van der Waals surface area contributed by atoms with Crippen LogP contribution in [0, 0.1) is 0 Å². The molecule has 28 heavy (non-hydrogen) atoms. The van der Waals surface area contributed by atoms with Gasteiger partial charge in [-0.25, -0.2) is 4.98 Å². The van der Waals surface area contributed by atoms with Crippen molar-refractivity contribution < 1.29 is 4.74 Å². The fraction of sp³-hybridized carbons (Fsp3) is 0.273. The monoisotopic (exact) mass is 394 g/mol. The van der Waals surface area contributed by atoms with E-state index in [2.05, 4.69) is 44.4 Å². The lowest BCUT2D eigenvalue weighted by Crippen LogP contribution is -2.38. The normalized spacial score (nSPS) is 12.4. The van der Waals surface area contributed by atoms with Crippen molar-refractivity contribution in [3.63, 3.8) is 0 Å². The number of hydrogen-bond acceptors (Lipinski definition) is 4. The van der Waals surface area contributed by atoms with Gasteiger partial charge in [0.2, 0.25) is 5.88 Å². The second-order valence-corrected chi connectivity index (χ2v) is 7.29. The van der Waals surface area contributed by atoms with Crippen molar-refractivity contribution in [2.75, 3.05) is 13.6 Å². The van der Waals surface area contributed by atoms with Crippen LogP contribution in [0.3, 0.4) is 0 Å². The average Bonchev–Trinajstić information content (AvgIpc) is 3.28. The Labute approximate surface area is 170 Å². The van der Waals surface area contributed by atoms with Crippen molar-refractivity contribution in [2.45, 2.75) is 26.0 Å². The minimum atomic E-state index is 0.424. The maximum Gasteiger partial charge on any atom is 0.218 e. The molecule has 0 radical (unpaired) electrons. The summed E-state index contributed by atoms with van der Waals surface area (Å²) in [6.45, 7) is 4.11. The molecule has 3 aromatic rings. The van der Waals surface area contributed by atoms with E-state index in [-0.39, 0.29) is 0 Å². The Morgan fingerprint density at radius 3 is 2.75 bits per heavy atom. The summed E-state index contributed by atoms with van der Waals surface area (Å²) in [6.07, 6.45) is 1.75. The first-order chi connectivity index (χ1) is 13.8. The van der Waals surface area contributed by atoms with Gasteiger partial charge in [-0.05, 0) is 39.9 Å². The van der Waals surface area contributed by atoms with Gasteiger partial charge in [-0.15, -0.1) is 0 Å². The molecule has 5 nitrogen and oxygen atoms in total. The minimum Gasteiger partial charge on any atom is -0.473 e. The van der Waals surface area contributed by atoms with Crippen molar-refractivity contribution in [3.8, 4) is 5.88 Å². The first-order valence-electron chi connectivity index (χ1n) is 9.33. The first-order valence-corrected chi connectivity index (χ1v) is 10.3. The Kier molecular flexibility index (Phi) is 7.44. The quantitative estimate of drug-likeness (QED) is 0.444. The lowest BCUT2D eigenvalue weighted by atomic mass is 10.1. The Morgan fingerprint density at radius 1 is 1.14 bits per heavy atom. The van der Waals surface area contributed by atoms with Gasteiger partial charge < -0.3 is 15.4 Å². The van der Waals surface area contributed by atoms with E-state index in [1.165, 1.54) is 5.56 Å². The standard InChI is InChI=1S/C22H26N4OS/c1-17(20-10-12-28-16-20)13-25-22(23-2)26-14-19-9-6-11-24-21(19)27-15-18-7-4-3-5-8-18/h3-12,16-17H,13-15H2,1-2H3,(H2,23,25,26). The predicted octanol–water partition coefficient (Wildman–Crippen LogP) is 4.19. The number of nitrogens with one attached hydrogen (secondary N) is 2. The summed E-state index contributed by atoms with van der Waals surface area (Å²) in [6, 6.07) is 16.2. The molecule has 3 rings (SSSR count). The van der Waals surface area contributed by atoms with E-state index in [1.807, 2.05) is 42.5 Å². The molecule has 1 aromatic carbocycles. The molecule has 1 atom stereocenters. The second kappa shape index (κ2) is 10.5. The summed E-state index contributed by atoms with van der Waals surface area (Å²) in [5, 5.41) is 11.0. The van der Waals surface area contributed by atoms with E-state index in [9.17, 15) is 0 Å². The maximum absolute atomic E-state index is 5.93. The molecular weight excluding hydrogens is 368 g/mol. The van der Waals surface area contributed by atoms with Crippen LogP contribution in [0.1, 0.15) is 29.5 Å². The highest BCUT2D eigenvalue weighted by atomic mass is 32.1. The van der Waals surface area contributed by atoms with Gasteiger partial charge in [0.1, 0.15) is 6.61 Å². The number of hydrogen-bond donors (Lipinski definition) is 2. The van der Waals surface area contributed by atoms with Crippen molar-refractivity contribution in [3.05, 3.63) is 82.2 Å². The van der Waals surface area contributed by atoms with Crippen LogP contribution in [0.15, 0.2) is 70.5 Å². The van der Waals surface area contributed by atoms with Gasteiger partial charge in [-0.2, -0.15) is 11.3 Å². The molecule has 0 aliphatic heterocycles. The minimum absolute atomic E-state index is 0.424. The third kappa shape index (κ3) is 5.82. The van der Waals surface area contributed by atoms with Gasteiger partial charge in [0.05, 0.1) is 0 Å². The Hall–Kier alpha value is -2.86. The van der Waals surface area contributed by atoms with Crippen LogP contribution in [0.5, 0.6) is 5.88 Å². The molecule has 0 fully saturated rings. The van der Waals surface area contributed by atoms with Crippen molar-refractivity contribution in [1.82, 2.24) is 15.6 Å². The number of aromatic nitrogens is 1. The highest BCUT2D eigenvalue weighted by Gasteiger charge is 2.09. The Balaban J connectivity index is 1.52. The lowest BCUT2D eigenvalue weighted by Gasteiger charge is -2.16. The largest absolute Gasteiger partial charge is 0.473 e. The van der Waals surface area contributed by atoms with E-state index in [0.717, 1.165) is 23.6 Å². The highest BCUT2D eigenvalue weighted by molar-refractivity contribution is 7.07. The van der Waals surface area contributed by atoms with E-state index >= 15 is 0 Å². The fourth-order valence-electron chi connectivity index (χ4n) is 2.74. The fourth-order valence-corrected chi connectivity index (χ4v) is 3.52. The second-order valence-electron chi connectivity index (χ2n) is 6.51. The zero-order valence-electron chi connectivity index (χ0n) is 16.3. The van der Waals surface area contributed by atoms with Crippen molar-refractivity contribution in [1.29, 1.82) is 0 Å². The number of rotatable bonds is 8. The number of nitrogens with zero attached hydrogens (tertiary/aromatic N) is 2. The molecule has 2 heterocycles. The summed E-state index contributed by atoms with van der Waals surface area (Å²) < 4.78 is 5.93. The van der Waals surface area contributed by atoms with Crippen LogP contribution >= 0.6 is 11.3 Å². The Bertz CT molecular complexity index is 865. The van der Waals surface area contributed by atoms with Gasteiger partial charge in [0.25, 0.3) is 0 Å². The molecule has 0 bridgehead atoms.